The van der Waals surface area contributed by atoms with Crippen molar-refractivity contribution >= 4 is 21.9 Å². The maximum absolute atomic E-state index is 12.3. The van der Waals surface area contributed by atoms with E-state index < -0.39 is 33.2 Å². The molecule has 8 heteroatoms. The topological polar surface area (TPSA) is 104 Å². The summed E-state index contributed by atoms with van der Waals surface area (Å²) in [5, 5.41) is 12.1. The molecule has 1 unspecified atom stereocenters. The second kappa shape index (κ2) is 8.25. The fraction of sp³-hybridized carbons (Fsp3) is 0.500. The third-order valence-corrected chi connectivity index (χ3v) is 5.86. The van der Waals surface area contributed by atoms with Crippen LogP contribution >= 0.6 is 0 Å². The Balaban J connectivity index is 3.09. The van der Waals surface area contributed by atoms with Gasteiger partial charge >= 0.3 is 5.97 Å². The number of carboxylic acids is 1. The van der Waals surface area contributed by atoms with Gasteiger partial charge in [-0.1, -0.05) is 51.1 Å². The highest BCUT2D eigenvalue weighted by Crippen LogP contribution is 2.25. The van der Waals surface area contributed by atoms with E-state index >= 15 is 0 Å². The van der Waals surface area contributed by atoms with Gasteiger partial charge in [0.15, 0.2) is 5.54 Å². The number of hydrogen-bond acceptors (Lipinski definition) is 4. The molecule has 0 bridgehead atoms. The lowest BCUT2D eigenvalue weighted by Gasteiger charge is -2.30. The van der Waals surface area contributed by atoms with Crippen LogP contribution < -0.4 is 5.32 Å². The van der Waals surface area contributed by atoms with Crippen molar-refractivity contribution in [1.82, 2.24) is 9.62 Å². The summed E-state index contributed by atoms with van der Waals surface area (Å²) in [4.78, 5) is 24.1. The van der Waals surface area contributed by atoms with E-state index in [0.717, 1.165) is 0 Å². The number of carbonyl (C=O) groups is 2. The Morgan fingerprint density at radius 2 is 1.67 bits per heavy atom. The van der Waals surface area contributed by atoms with Crippen LogP contribution in [0.15, 0.2) is 30.3 Å². The van der Waals surface area contributed by atoms with Gasteiger partial charge in [-0.2, -0.15) is 0 Å². The number of carbonyl (C=O) groups excluding carboxylic acids is 1. The minimum absolute atomic E-state index is 0.0867. The van der Waals surface area contributed by atoms with Crippen molar-refractivity contribution in [1.29, 1.82) is 0 Å². The molecule has 0 saturated heterocycles. The van der Waals surface area contributed by atoms with Crippen LogP contribution in [0.3, 0.4) is 0 Å². The molecule has 0 aliphatic heterocycles. The van der Waals surface area contributed by atoms with Crippen molar-refractivity contribution in [2.75, 3.05) is 18.8 Å². The molecule has 1 amide bonds. The van der Waals surface area contributed by atoms with Gasteiger partial charge in [0.2, 0.25) is 15.9 Å². The van der Waals surface area contributed by atoms with Gasteiger partial charge < -0.3 is 10.4 Å². The summed E-state index contributed by atoms with van der Waals surface area (Å²) in [6, 6.07) is 8.26. The van der Waals surface area contributed by atoms with Gasteiger partial charge in [-0.15, -0.1) is 0 Å². The molecule has 0 saturated carbocycles. The van der Waals surface area contributed by atoms with Crippen LogP contribution in [-0.4, -0.2) is 48.5 Å². The summed E-state index contributed by atoms with van der Waals surface area (Å²) in [6.07, 6.45) is 0.0867. The van der Waals surface area contributed by atoms with E-state index in [1.165, 1.54) is 4.31 Å². The molecule has 0 aliphatic rings. The van der Waals surface area contributed by atoms with Crippen LogP contribution in [0, 0.1) is 0 Å². The van der Waals surface area contributed by atoms with Gasteiger partial charge in [0.1, 0.15) is 5.75 Å². The smallest absolute Gasteiger partial charge is 0.334 e. The largest absolute Gasteiger partial charge is 0.479 e. The minimum Gasteiger partial charge on any atom is -0.479 e. The van der Waals surface area contributed by atoms with Crippen molar-refractivity contribution in [3.63, 3.8) is 0 Å². The first kappa shape index (κ1) is 20.1. The molecule has 24 heavy (non-hydrogen) atoms. The van der Waals surface area contributed by atoms with Crippen molar-refractivity contribution in [3.8, 4) is 0 Å². The molecule has 0 aromatic heterocycles. The number of benzene rings is 1. The average molecular weight is 356 g/mol. The van der Waals surface area contributed by atoms with Gasteiger partial charge in [-0.3, -0.25) is 4.79 Å². The first-order chi connectivity index (χ1) is 11.2. The molecular weight excluding hydrogens is 332 g/mol. The number of aliphatic carboxylic acids is 1. The quantitative estimate of drug-likeness (QED) is 0.691. The molecule has 0 fully saturated rings. The van der Waals surface area contributed by atoms with Gasteiger partial charge in [-0.25, -0.2) is 17.5 Å². The zero-order chi connectivity index (χ0) is 18.4. The zero-order valence-electron chi connectivity index (χ0n) is 14.2. The Labute approximate surface area is 142 Å². The zero-order valence-corrected chi connectivity index (χ0v) is 15.0. The molecular formula is C16H24N2O5S. The summed E-state index contributed by atoms with van der Waals surface area (Å²) in [6.45, 7) is 5.48. The number of hydrogen-bond donors (Lipinski definition) is 2. The highest BCUT2D eigenvalue weighted by atomic mass is 32.2. The number of sulfonamides is 1. The predicted molar refractivity (Wildman–Crippen MR) is 90.9 cm³/mol. The molecule has 0 aliphatic carbocycles. The first-order valence-corrected chi connectivity index (χ1v) is 9.42. The Kier molecular flexibility index (Phi) is 6.92. The summed E-state index contributed by atoms with van der Waals surface area (Å²) in [5.74, 6) is -2.85. The van der Waals surface area contributed by atoms with E-state index in [4.69, 9.17) is 0 Å². The second-order valence-electron chi connectivity index (χ2n) is 5.32. The fourth-order valence-corrected chi connectivity index (χ4v) is 3.94. The molecule has 1 aromatic carbocycles. The monoisotopic (exact) mass is 356 g/mol. The summed E-state index contributed by atoms with van der Waals surface area (Å²) >= 11 is 0. The van der Waals surface area contributed by atoms with Crippen molar-refractivity contribution in [2.45, 2.75) is 32.7 Å². The number of carboxylic acid groups (broad SMARTS) is 1. The van der Waals surface area contributed by atoms with E-state index in [9.17, 15) is 23.1 Å². The second-order valence-corrected chi connectivity index (χ2v) is 7.29. The number of amides is 1. The van der Waals surface area contributed by atoms with Gasteiger partial charge in [0.05, 0.1) is 0 Å². The van der Waals surface area contributed by atoms with Crippen LogP contribution in [0.2, 0.25) is 0 Å². The van der Waals surface area contributed by atoms with Gasteiger partial charge in [0, 0.05) is 13.1 Å². The standard InChI is InChI=1S/C16H24N2O5S/c1-4-16(15(20)21,13-10-8-7-9-11-13)17-14(19)12-24(22,23)18(5-2)6-3/h7-11H,4-6,12H2,1-3H3,(H,17,19)(H,20,21). The van der Waals surface area contributed by atoms with Crippen LogP contribution in [0.4, 0.5) is 0 Å². The Bertz CT molecular complexity index is 671. The lowest BCUT2D eigenvalue weighted by molar-refractivity contribution is -0.148. The fourth-order valence-electron chi connectivity index (χ4n) is 2.56. The average Bonchev–Trinajstić information content (AvgIpc) is 2.53. The first-order valence-electron chi connectivity index (χ1n) is 7.81. The number of nitrogens with one attached hydrogen (secondary N) is 1. The van der Waals surface area contributed by atoms with E-state index in [1.54, 1.807) is 51.1 Å². The summed E-state index contributed by atoms with van der Waals surface area (Å²) < 4.78 is 25.6. The molecule has 0 radical (unpaired) electrons. The number of rotatable bonds is 9. The highest BCUT2D eigenvalue weighted by molar-refractivity contribution is 7.89. The summed E-state index contributed by atoms with van der Waals surface area (Å²) in [5.41, 5.74) is -1.26. The van der Waals surface area contributed by atoms with Crippen molar-refractivity contribution in [3.05, 3.63) is 35.9 Å². The number of nitrogens with zero attached hydrogens (tertiary/aromatic N) is 1. The van der Waals surface area contributed by atoms with Crippen molar-refractivity contribution in [2.24, 2.45) is 0 Å². The molecule has 134 valence electrons. The van der Waals surface area contributed by atoms with Gasteiger partial charge in [-0.05, 0) is 12.0 Å². The molecule has 2 N–H and O–H groups in total. The molecule has 7 nitrogen and oxygen atoms in total. The molecule has 1 atom stereocenters. The lowest BCUT2D eigenvalue weighted by Crippen LogP contribution is -2.53. The predicted octanol–water partition coefficient (Wildman–Crippen LogP) is 1.16. The van der Waals surface area contributed by atoms with E-state index in [1.807, 2.05) is 0 Å². The molecule has 0 spiro atoms. The van der Waals surface area contributed by atoms with Gasteiger partial charge in [0.25, 0.3) is 0 Å². The van der Waals surface area contributed by atoms with Crippen LogP contribution in [-0.2, 0) is 25.2 Å². The SMILES string of the molecule is CCN(CC)S(=O)(=O)CC(=O)NC(CC)(C(=O)O)c1ccccc1. The normalized spacial score (nSPS) is 14.2. The maximum Gasteiger partial charge on any atom is 0.334 e. The summed E-state index contributed by atoms with van der Waals surface area (Å²) in [7, 11) is -3.78. The van der Waals surface area contributed by atoms with Crippen LogP contribution in [0.5, 0.6) is 0 Å². The van der Waals surface area contributed by atoms with Crippen LogP contribution in [0.25, 0.3) is 0 Å². The Morgan fingerprint density at radius 3 is 2.08 bits per heavy atom. The lowest BCUT2D eigenvalue weighted by atomic mass is 9.87. The van der Waals surface area contributed by atoms with Crippen LogP contribution in [0.1, 0.15) is 32.8 Å². The molecule has 1 aromatic rings. The van der Waals surface area contributed by atoms with Crippen molar-refractivity contribution < 1.29 is 23.1 Å². The third kappa shape index (κ3) is 4.33. The van der Waals surface area contributed by atoms with E-state index in [-0.39, 0.29) is 19.5 Å². The van der Waals surface area contributed by atoms with E-state index in [2.05, 4.69) is 5.32 Å². The minimum atomic E-state index is -3.78. The Morgan fingerprint density at radius 1 is 1.12 bits per heavy atom. The Hall–Kier alpha value is -1.93. The molecule has 1 rings (SSSR count). The van der Waals surface area contributed by atoms with E-state index in [0.29, 0.717) is 5.56 Å². The third-order valence-electron chi connectivity index (χ3n) is 3.93. The molecule has 0 heterocycles. The maximum atomic E-state index is 12.3. The highest BCUT2D eigenvalue weighted by Gasteiger charge is 2.41.